The number of piperidine rings is 2. The summed E-state index contributed by atoms with van der Waals surface area (Å²) in [4.78, 5) is 27.3. The fourth-order valence-corrected chi connectivity index (χ4v) is 7.96. The Kier molecular flexibility index (Phi) is 10.3. The van der Waals surface area contributed by atoms with Crippen LogP contribution in [0.4, 0.5) is 5.82 Å². The molecule has 3 atom stereocenters. The molecule has 1 amide bonds. The predicted molar refractivity (Wildman–Crippen MR) is 170 cm³/mol. The van der Waals surface area contributed by atoms with Gasteiger partial charge in [-0.2, -0.15) is 0 Å². The van der Waals surface area contributed by atoms with E-state index in [0.29, 0.717) is 43.1 Å². The summed E-state index contributed by atoms with van der Waals surface area (Å²) in [6.07, 6.45) is 16.1. The predicted octanol–water partition coefficient (Wildman–Crippen LogP) is 3.93. The van der Waals surface area contributed by atoms with Gasteiger partial charge in [0.15, 0.2) is 0 Å². The van der Waals surface area contributed by atoms with Crippen LogP contribution in [0.15, 0.2) is 23.8 Å². The second-order valence-corrected chi connectivity index (χ2v) is 15.1. The molecule has 10 nitrogen and oxygen atoms in total. The highest BCUT2D eigenvalue weighted by Gasteiger charge is 2.34. The molecule has 3 fully saturated rings. The Balaban J connectivity index is 1.13. The van der Waals surface area contributed by atoms with Crippen LogP contribution in [0, 0.1) is 19.8 Å². The number of sulfonamides is 1. The van der Waals surface area contributed by atoms with Crippen LogP contribution < -0.4 is 5.32 Å². The topological polar surface area (TPSA) is 108 Å². The van der Waals surface area contributed by atoms with Gasteiger partial charge >= 0.3 is 0 Å². The summed E-state index contributed by atoms with van der Waals surface area (Å²) < 4.78 is 31.9. The van der Waals surface area contributed by atoms with E-state index in [1.165, 1.54) is 16.1 Å². The summed E-state index contributed by atoms with van der Waals surface area (Å²) in [6.45, 7) is 9.80. The molecule has 1 aromatic heterocycles. The molecule has 1 aliphatic carbocycles. The second-order valence-electron chi connectivity index (χ2n) is 13.0. The van der Waals surface area contributed by atoms with Crippen molar-refractivity contribution in [2.75, 3.05) is 51.3 Å². The molecule has 0 spiro atoms. The van der Waals surface area contributed by atoms with E-state index in [2.05, 4.69) is 45.3 Å². The van der Waals surface area contributed by atoms with Crippen LogP contribution in [0.1, 0.15) is 80.2 Å². The van der Waals surface area contributed by atoms with E-state index in [9.17, 15) is 13.2 Å². The van der Waals surface area contributed by atoms with Gasteiger partial charge in [-0.3, -0.25) is 4.79 Å². The summed E-state index contributed by atoms with van der Waals surface area (Å²) in [5, 5.41) is 3.50. The number of carbonyl (C=O) groups excluding carboxylic acids is 1. The first-order valence-corrected chi connectivity index (χ1v) is 17.9. The number of anilines is 1. The molecule has 3 aliphatic heterocycles. The highest BCUT2D eigenvalue weighted by Crippen LogP contribution is 2.31. The Morgan fingerprint density at radius 1 is 1.05 bits per heavy atom. The fraction of sp³-hybridized carbons (Fsp3) is 0.719. The minimum atomic E-state index is -3.17. The molecule has 1 unspecified atom stereocenters. The summed E-state index contributed by atoms with van der Waals surface area (Å²) >= 11 is 0. The minimum absolute atomic E-state index is 0.0283. The van der Waals surface area contributed by atoms with Gasteiger partial charge in [-0.1, -0.05) is 23.8 Å². The third-order valence-corrected chi connectivity index (χ3v) is 11.3. The second kappa shape index (κ2) is 13.7. The smallest absolute Gasteiger partial charge is 0.272 e. The molecule has 238 valence electrons. The number of nitrogens with zero attached hydrogens (tertiary/aromatic N) is 5. The molecule has 1 N–H and O–H groups in total. The Morgan fingerprint density at radius 2 is 1.77 bits per heavy atom. The lowest BCUT2D eigenvalue weighted by Crippen LogP contribution is -2.52. The number of allylic oxidation sites excluding steroid dienone is 3. The normalized spacial score (nSPS) is 26.5. The number of ether oxygens (including phenoxy) is 1. The molecule has 43 heavy (non-hydrogen) atoms. The number of rotatable bonds is 8. The van der Waals surface area contributed by atoms with Crippen molar-refractivity contribution < 1.29 is 17.9 Å². The number of nitrogens with one attached hydrogen (secondary N) is 1. The van der Waals surface area contributed by atoms with Crippen molar-refractivity contribution in [3.05, 3.63) is 40.9 Å². The Morgan fingerprint density at radius 3 is 2.44 bits per heavy atom. The Hall–Kier alpha value is -2.34. The molecule has 4 aliphatic rings. The van der Waals surface area contributed by atoms with Crippen LogP contribution in [0.25, 0.3) is 0 Å². The van der Waals surface area contributed by atoms with E-state index >= 15 is 0 Å². The highest BCUT2D eigenvalue weighted by molar-refractivity contribution is 7.88. The molecular formula is C32H50N6O4S. The van der Waals surface area contributed by atoms with E-state index in [0.717, 1.165) is 75.8 Å². The monoisotopic (exact) mass is 614 g/mol. The maximum atomic E-state index is 13.7. The lowest BCUT2D eigenvalue weighted by Gasteiger charge is -2.43. The molecule has 5 rings (SSSR count). The Bertz CT molecular complexity index is 1320. The van der Waals surface area contributed by atoms with Gasteiger partial charge in [-0.25, -0.2) is 22.7 Å². The minimum Gasteiger partial charge on any atom is -0.373 e. The zero-order valence-electron chi connectivity index (χ0n) is 26.6. The molecule has 4 heterocycles. The van der Waals surface area contributed by atoms with Gasteiger partial charge in [0.2, 0.25) is 10.0 Å². The van der Waals surface area contributed by atoms with Crippen molar-refractivity contribution in [1.29, 1.82) is 0 Å². The molecule has 1 aromatic rings. The van der Waals surface area contributed by atoms with E-state index in [1.54, 1.807) is 7.05 Å². The van der Waals surface area contributed by atoms with E-state index < -0.39 is 10.0 Å². The van der Waals surface area contributed by atoms with Crippen LogP contribution in [-0.2, 0) is 14.8 Å². The number of aromatic nitrogens is 2. The number of amides is 1. The number of likely N-dealkylation sites (tertiary alicyclic amines) is 2. The van der Waals surface area contributed by atoms with Crippen molar-refractivity contribution >= 4 is 21.7 Å². The van der Waals surface area contributed by atoms with Gasteiger partial charge in [0.05, 0.1) is 18.5 Å². The van der Waals surface area contributed by atoms with Crippen molar-refractivity contribution in [2.24, 2.45) is 5.92 Å². The van der Waals surface area contributed by atoms with Gasteiger partial charge < -0.3 is 19.9 Å². The average molecular weight is 615 g/mol. The maximum absolute atomic E-state index is 13.7. The largest absolute Gasteiger partial charge is 0.373 e. The van der Waals surface area contributed by atoms with Gasteiger partial charge in [0.25, 0.3) is 5.91 Å². The Labute approximate surface area is 258 Å². The van der Waals surface area contributed by atoms with Crippen LogP contribution in [0.3, 0.4) is 0 Å². The van der Waals surface area contributed by atoms with E-state index in [1.807, 2.05) is 18.7 Å². The highest BCUT2D eigenvalue weighted by atomic mass is 32.2. The molecule has 0 aromatic carbocycles. The summed E-state index contributed by atoms with van der Waals surface area (Å²) in [5.41, 5.74) is 2.68. The first kappa shape index (κ1) is 32.1. The van der Waals surface area contributed by atoms with Crippen molar-refractivity contribution in [3.63, 3.8) is 0 Å². The molecule has 0 bridgehead atoms. The molecular weight excluding hydrogens is 564 g/mol. The van der Waals surface area contributed by atoms with Crippen molar-refractivity contribution in [3.8, 4) is 0 Å². The lowest BCUT2D eigenvalue weighted by molar-refractivity contribution is -0.0619. The first-order chi connectivity index (χ1) is 20.5. The van der Waals surface area contributed by atoms with E-state index in [-0.39, 0.29) is 24.2 Å². The van der Waals surface area contributed by atoms with Gasteiger partial charge in [-0.15, -0.1) is 0 Å². The molecule has 3 saturated heterocycles. The number of carbonyl (C=O) groups is 1. The molecule has 11 heteroatoms. The third kappa shape index (κ3) is 7.85. The zero-order valence-corrected chi connectivity index (χ0v) is 27.4. The van der Waals surface area contributed by atoms with Crippen molar-refractivity contribution in [2.45, 2.75) is 96.4 Å². The number of aryl methyl sites for hydroxylation is 1. The fourth-order valence-electron chi connectivity index (χ4n) is 7.21. The van der Waals surface area contributed by atoms with Gasteiger partial charge in [0.1, 0.15) is 17.3 Å². The van der Waals surface area contributed by atoms with Gasteiger partial charge in [-0.05, 0) is 85.2 Å². The first-order valence-electron chi connectivity index (χ1n) is 16.0. The molecule has 0 radical (unpaired) electrons. The number of hydrogen-bond acceptors (Lipinski definition) is 8. The van der Waals surface area contributed by atoms with Crippen LogP contribution in [0.5, 0.6) is 0 Å². The van der Waals surface area contributed by atoms with Crippen LogP contribution >= 0.6 is 0 Å². The maximum Gasteiger partial charge on any atom is 0.272 e. The standard InChI is InChI=1S/C32H50N6O4S/c1-22-8-6-9-25(20-22)29-11-7-10-28(42-29)21-33-31-23(2)30(34-24(3)35-31)32(39)38-18-14-27(15-19-38)37-16-12-26(13-17-37)36(4)43(5,40)41/h6,8-9,25-29H,7,10-21H2,1-5H3,(H,33,34,35)/t25?,28-,29+/m1/s1. The van der Waals surface area contributed by atoms with Crippen molar-refractivity contribution in [1.82, 2.24) is 24.1 Å². The lowest BCUT2D eigenvalue weighted by atomic mass is 9.86. The quantitative estimate of drug-likeness (QED) is 0.470. The average Bonchev–Trinajstić information content (AvgIpc) is 3.00. The molecule has 0 saturated carbocycles. The third-order valence-electron chi connectivity index (χ3n) is 9.92. The van der Waals surface area contributed by atoms with Crippen LogP contribution in [-0.4, -0.2) is 109 Å². The SMILES string of the molecule is CC1=CC=CC([C@@H]2CCC[C@H](CNc3nc(C)nc(C(=O)N4CCC(N5CCC(N(C)S(C)(=O)=O)CC5)CC4)c3C)O2)C1. The number of hydrogen-bond donors (Lipinski definition) is 1. The summed E-state index contributed by atoms with van der Waals surface area (Å²) in [5.74, 6) is 1.72. The van der Waals surface area contributed by atoms with Crippen LogP contribution in [0.2, 0.25) is 0 Å². The van der Waals surface area contributed by atoms with E-state index in [4.69, 9.17) is 4.74 Å². The summed E-state index contributed by atoms with van der Waals surface area (Å²) in [7, 11) is -1.48. The summed E-state index contributed by atoms with van der Waals surface area (Å²) in [6, 6.07) is 0.490. The zero-order chi connectivity index (χ0) is 30.7. The van der Waals surface area contributed by atoms with Gasteiger partial charge in [0, 0.05) is 50.2 Å².